The zero-order chi connectivity index (χ0) is 11.5. The zero-order valence-corrected chi connectivity index (χ0v) is 9.73. The summed E-state index contributed by atoms with van der Waals surface area (Å²) in [4.78, 5) is 8.65. The van der Waals surface area contributed by atoms with Crippen LogP contribution in [0.15, 0.2) is 18.5 Å². The summed E-state index contributed by atoms with van der Waals surface area (Å²) in [5.41, 5.74) is 3.03. The van der Waals surface area contributed by atoms with Gasteiger partial charge in [0.15, 0.2) is 0 Å². The van der Waals surface area contributed by atoms with Crippen LogP contribution in [0.3, 0.4) is 0 Å². The second kappa shape index (κ2) is 4.30. The van der Waals surface area contributed by atoms with Crippen molar-refractivity contribution in [3.05, 3.63) is 35.5 Å². The third kappa shape index (κ3) is 2.18. The third-order valence-electron chi connectivity index (χ3n) is 2.57. The topological polar surface area (TPSA) is 55.6 Å². The van der Waals surface area contributed by atoms with E-state index in [0.717, 1.165) is 22.9 Å². The molecule has 0 aliphatic heterocycles. The molecule has 0 aromatic carbocycles. The van der Waals surface area contributed by atoms with Crippen LogP contribution in [-0.4, -0.2) is 19.7 Å². The van der Waals surface area contributed by atoms with Crippen LogP contribution >= 0.6 is 0 Å². The Labute approximate surface area is 94.5 Å². The minimum absolute atomic E-state index is 0.702. The lowest BCUT2D eigenvalue weighted by molar-refractivity contribution is 0.719. The van der Waals surface area contributed by atoms with E-state index in [9.17, 15) is 0 Å². The molecule has 0 radical (unpaired) electrons. The van der Waals surface area contributed by atoms with Gasteiger partial charge < -0.3 is 5.32 Å². The molecule has 0 saturated heterocycles. The molecule has 2 heterocycles. The maximum absolute atomic E-state index is 4.40. The third-order valence-corrected chi connectivity index (χ3v) is 2.57. The summed E-state index contributed by atoms with van der Waals surface area (Å²) >= 11 is 0. The number of anilines is 1. The van der Waals surface area contributed by atoms with Gasteiger partial charge in [-0.15, -0.1) is 0 Å². The Morgan fingerprint density at radius 3 is 2.75 bits per heavy atom. The number of aromatic nitrogens is 4. The highest BCUT2D eigenvalue weighted by atomic mass is 15.3. The van der Waals surface area contributed by atoms with E-state index in [-0.39, 0.29) is 0 Å². The highest BCUT2D eigenvalue weighted by molar-refractivity contribution is 5.33. The van der Waals surface area contributed by atoms with E-state index in [2.05, 4.69) is 20.4 Å². The molecule has 0 amide bonds. The fourth-order valence-electron chi connectivity index (χ4n) is 1.38. The first kappa shape index (κ1) is 10.6. The average molecular weight is 217 g/mol. The van der Waals surface area contributed by atoms with Crippen molar-refractivity contribution in [2.45, 2.75) is 20.4 Å². The Morgan fingerprint density at radius 1 is 1.31 bits per heavy atom. The second-order valence-corrected chi connectivity index (χ2v) is 3.73. The molecule has 84 valence electrons. The van der Waals surface area contributed by atoms with Gasteiger partial charge >= 0.3 is 0 Å². The summed E-state index contributed by atoms with van der Waals surface area (Å²) < 4.78 is 1.83. The van der Waals surface area contributed by atoms with Crippen LogP contribution in [0.25, 0.3) is 0 Å². The Morgan fingerprint density at radius 2 is 2.12 bits per heavy atom. The molecule has 5 heteroatoms. The van der Waals surface area contributed by atoms with Gasteiger partial charge in [-0.05, 0) is 19.9 Å². The van der Waals surface area contributed by atoms with E-state index in [1.54, 1.807) is 12.4 Å². The van der Waals surface area contributed by atoms with Crippen LogP contribution in [0.2, 0.25) is 0 Å². The summed E-state index contributed by atoms with van der Waals surface area (Å²) in [6.07, 6.45) is 3.53. The minimum atomic E-state index is 0.702. The lowest BCUT2D eigenvalue weighted by Gasteiger charge is -2.07. The van der Waals surface area contributed by atoms with Crippen molar-refractivity contribution in [2.24, 2.45) is 7.05 Å². The van der Waals surface area contributed by atoms with Crippen molar-refractivity contribution in [2.75, 3.05) is 5.32 Å². The monoisotopic (exact) mass is 217 g/mol. The van der Waals surface area contributed by atoms with Crippen LogP contribution in [0.4, 0.5) is 5.82 Å². The predicted molar refractivity (Wildman–Crippen MR) is 62.0 cm³/mol. The SMILES string of the molecule is Cc1ncc(NCc2ccnn2C)nc1C. The van der Waals surface area contributed by atoms with E-state index in [1.807, 2.05) is 31.6 Å². The molecule has 0 atom stereocenters. The van der Waals surface area contributed by atoms with Gasteiger partial charge in [0.1, 0.15) is 5.82 Å². The van der Waals surface area contributed by atoms with E-state index >= 15 is 0 Å². The summed E-state index contributed by atoms with van der Waals surface area (Å²) in [7, 11) is 1.92. The molecule has 2 rings (SSSR count). The summed E-state index contributed by atoms with van der Waals surface area (Å²) in [5.74, 6) is 0.796. The lowest BCUT2D eigenvalue weighted by Crippen LogP contribution is -2.07. The number of rotatable bonds is 3. The van der Waals surface area contributed by atoms with Crippen molar-refractivity contribution in [3.8, 4) is 0 Å². The van der Waals surface area contributed by atoms with Crippen molar-refractivity contribution in [3.63, 3.8) is 0 Å². The van der Waals surface area contributed by atoms with Gasteiger partial charge in [-0.25, -0.2) is 4.98 Å². The van der Waals surface area contributed by atoms with E-state index in [0.29, 0.717) is 6.54 Å². The standard InChI is InChI=1S/C11H15N5/c1-8-9(2)15-11(7-12-8)13-6-10-4-5-14-16(10)3/h4-5,7H,6H2,1-3H3,(H,13,15). The highest BCUT2D eigenvalue weighted by Crippen LogP contribution is 2.07. The second-order valence-electron chi connectivity index (χ2n) is 3.73. The first-order valence-electron chi connectivity index (χ1n) is 5.18. The average Bonchev–Trinajstić information content (AvgIpc) is 2.66. The molecule has 0 unspecified atom stereocenters. The van der Waals surface area contributed by atoms with Crippen molar-refractivity contribution in [1.82, 2.24) is 19.7 Å². The molecular weight excluding hydrogens is 202 g/mol. The smallest absolute Gasteiger partial charge is 0.145 e. The van der Waals surface area contributed by atoms with Crippen LogP contribution in [-0.2, 0) is 13.6 Å². The summed E-state index contributed by atoms with van der Waals surface area (Å²) in [6.45, 7) is 4.61. The first-order chi connectivity index (χ1) is 7.66. The largest absolute Gasteiger partial charge is 0.363 e. The number of hydrogen-bond acceptors (Lipinski definition) is 4. The molecule has 0 aliphatic carbocycles. The van der Waals surface area contributed by atoms with Gasteiger partial charge in [0, 0.05) is 13.2 Å². The molecule has 2 aromatic rings. The number of aryl methyl sites for hydroxylation is 3. The number of nitrogens with one attached hydrogen (secondary N) is 1. The molecule has 16 heavy (non-hydrogen) atoms. The molecule has 0 aliphatic rings. The highest BCUT2D eigenvalue weighted by Gasteiger charge is 2.01. The molecule has 0 bridgehead atoms. The maximum Gasteiger partial charge on any atom is 0.145 e. The predicted octanol–water partition coefficient (Wildman–Crippen LogP) is 1.44. The Hall–Kier alpha value is -1.91. The fourth-order valence-corrected chi connectivity index (χ4v) is 1.38. The molecule has 0 spiro atoms. The van der Waals surface area contributed by atoms with E-state index in [1.165, 1.54) is 0 Å². The van der Waals surface area contributed by atoms with E-state index in [4.69, 9.17) is 0 Å². The molecule has 0 saturated carbocycles. The number of nitrogens with zero attached hydrogens (tertiary/aromatic N) is 4. The molecule has 2 aromatic heterocycles. The minimum Gasteiger partial charge on any atom is -0.363 e. The van der Waals surface area contributed by atoms with Gasteiger partial charge in [-0.2, -0.15) is 5.10 Å². The lowest BCUT2D eigenvalue weighted by atomic mass is 10.3. The van der Waals surface area contributed by atoms with Crippen LogP contribution in [0, 0.1) is 13.8 Å². The number of hydrogen-bond donors (Lipinski definition) is 1. The van der Waals surface area contributed by atoms with Crippen molar-refractivity contribution >= 4 is 5.82 Å². The Bertz CT molecular complexity index is 489. The maximum atomic E-state index is 4.40. The van der Waals surface area contributed by atoms with Gasteiger partial charge in [-0.1, -0.05) is 0 Å². The van der Waals surface area contributed by atoms with Gasteiger partial charge in [-0.3, -0.25) is 9.67 Å². The van der Waals surface area contributed by atoms with Crippen LogP contribution in [0.5, 0.6) is 0 Å². The molecule has 5 nitrogen and oxygen atoms in total. The first-order valence-corrected chi connectivity index (χ1v) is 5.18. The molecule has 0 fully saturated rings. The van der Waals surface area contributed by atoms with Gasteiger partial charge in [0.05, 0.1) is 29.8 Å². The summed E-state index contributed by atoms with van der Waals surface area (Å²) in [6, 6.07) is 1.97. The molecular formula is C11H15N5. The van der Waals surface area contributed by atoms with E-state index < -0.39 is 0 Å². The Balaban J connectivity index is 2.05. The Kier molecular flexibility index (Phi) is 2.85. The molecule has 1 N–H and O–H groups in total. The zero-order valence-electron chi connectivity index (χ0n) is 9.73. The van der Waals surface area contributed by atoms with Crippen molar-refractivity contribution < 1.29 is 0 Å². The van der Waals surface area contributed by atoms with Gasteiger partial charge in [0.2, 0.25) is 0 Å². The van der Waals surface area contributed by atoms with Gasteiger partial charge in [0.25, 0.3) is 0 Å². The van der Waals surface area contributed by atoms with Crippen LogP contribution < -0.4 is 5.32 Å². The quantitative estimate of drug-likeness (QED) is 0.845. The summed E-state index contributed by atoms with van der Waals surface area (Å²) in [5, 5.41) is 7.32. The normalized spacial score (nSPS) is 10.4. The van der Waals surface area contributed by atoms with Crippen LogP contribution in [0.1, 0.15) is 17.1 Å². The fraction of sp³-hybridized carbons (Fsp3) is 0.364. The van der Waals surface area contributed by atoms with Crippen molar-refractivity contribution in [1.29, 1.82) is 0 Å².